The monoisotopic (exact) mass is 448 g/mol. The number of benzene rings is 2. The molecule has 1 aliphatic carbocycles. The Kier molecular flexibility index (Phi) is 6.66. The molecular formula is C25H24N2O4S. The Morgan fingerprint density at radius 2 is 2.06 bits per heavy atom. The lowest BCUT2D eigenvalue weighted by atomic mass is 9.83. The number of nitrogens with zero attached hydrogens (tertiary/aromatic N) is 1. The van der Waals surface area contributed by atoms with Crippen LogP contribution in [0.15, 0.2) is 47.8 Å². The van der Waals surface area contributed by atoms with Crippen molar-refractivity contribution >= 4 is 41.1 Å². The summed E-state index contributed by atoms with van der Waals surface area (Å²) in [5.41, 5.74) is 3.27. The van der Waals surface area contributed by atoms with Gasteiger partial charge in [-0.05, 0) is 54.3 Å². The quantitative estimate of drug-likeness (QED) is 0.477. The van der Waals surface area contributed by atoms with Crippen LogP contribution in [-0.2, 0) is 11.2 Å². The summed E-state index contributed by atoms with van der Waals surface area (Å²) in [5, 5.41) is 15.4. The van der Waals surface area contributed by atoms with Gasteiger partial charge in [0, 0.05) is 17.0 Å². The van der Waals surface area contributed by atoms with E-state index in [1.54, 1.807) is 29.5 Å². The summed E-state index contributed by atoms with van der Waals surface area (Å²) in [5.74, 6) is -0.323. The summed E-state index contributed by atoms with van der Waals surface area (Å²) in [7, 11) is 1.47. The lowest BCUT2D eigenvalue weighted by molar-refractivity contribution is -0.115. The second-order valence-corrected chi connectivity index (χ2v) is 8.64. The van der Waals surface area contributed by atoms with E-state index in [-0.39, 0.29) is 17.9 Å². The molecule has 1 aliphatic rings. The number of nitrogens with one attached hydrogen (secondary N) is 1. The minimum Gasteiger partial charge on any atom is -0.497 e. The van der Waals surface area contributed by atoms with E-state index in [0.29, 0.717) is 22.9 Å². The summed E-state index contributed by atoms with van der Waals surface area (Å²) in [6, 6.07) is 12.2. The number of amides is 1. The van der Waals surface area contributed by atoms with E-state index in [0.717, 1.165) is 10.6 Å². The summed E-state index contributed by atoms with van der Waals surface area (Å²) < 4.78 is 5.08. The number of hydrogen-bond acceptors (Lipinski definition) is 5. The largest absolute Gasteiger partial charge is 0.497 e. The van der Waals surface area contributed by atoms with Crippen LogP contribution in [0.1, 0.15) is 57.4 Å². The highest BCUT2D eigenvalue weighted by Gasteiger charge is 2.21. The fourth-order valence-electron chi connectivity index (χ4n) is 3.57. The van der Waals surface area contributed by atoms with E-state index in [9.17, 15) is 14.7 Å². The molecule has 0 spiro atoms. The van der Waals surface area contributed by atoms with Gasteiger partial charge in [0.15, 0.2) is 0 Å². The van der Waals surface area contributed by atoms with Crippen molar-refractivity contribution in [2.24, 2.45) is 0 Å². The second-order valence-electron chi connectivity index (χ2n) is 7.75. The van der Waals surface area contributed by atoms with Gasteiger partial charge >= 0.3 is 5.97 Å². The Labute approximate surface area is 190 Å². The number of anilines is 1. The summed E-state index contributed by atoms with van der Waals surface area (Å²) in [4.78, 5) is 28.8. The lowest BCUT2D eigenvalue weighted by Gasteiger charge is -2.22. The van der Waals surface area contributed by atoms with Gasteiger partial charge in [0.25, 0.3) is 0 Å². The maximum atomic E-state index is 12.5. The van der Waals surface area contributed by atoms with Crippen molar-refractivity contribution in [3.05, 3.63) is 75.2 Å². The van der Waals surface area contributed by atoms with Crippen molar-refractivity contribution in [2.45, 2.75) is 31.6 Å². The minimum absolute atomic E-state index is 0.0469. The molecule has 0 saturated heterocycles. The second kappa shape index (κ2) is 9.78. The molecule has 32 heavy (non-hydrogen) atoms. The highest BCUT2D eigenvalue weighted by molar-refractivity contribution is 7.10. The molecule has 1 saturated carbocycles. The van der Waals surface area contributed by atoms with Crippen molar-refractivity contribution < 1.29 is 19.4 Å². The fraction of sp³-hybridized carbons (Fsp3) is 0.240. The number of aromatic carboxylic acids is 1. The summed E-state index contributed by atoms with van der Waals surface area (Å²) in [6.45, 7) is 0. The Bertz CT molecular complexity index is 1160. The van der Waals surface area contributed by atoms with E-state index in [4.69, 9.17) is 9.72 Å². The first-order valence-corrected chi connectivity index (χ1v) is 11.3. The van der Waals surface area contributed by atoms with Crippen LogP contribution in [-0.4, -0.2) is 29.1 Å². The molecule has 1 aromatic heterocycles. The molecule has 2 N–H and O–H groups in total. The highest BCUT2D eigenvalue weighted by Crippen LogP contribution is 2.36. The molecule has 0 atom stereocenters. The number of rotatable bonds is 8. The number of carboxylic acid groups (broad SMARTS) is 1. The van der Waals surface area contributed by atoms with Crippen LogP contribution in [0, 0.1) is 0 Å². The molecule has 1 heterocycles. The predicted molar refractivity (Wildman–Crippen MR) is 126 cm³/mol. The van der Waals surface area contributed by atoms with Gasteiger partial charge < -0.3 is 15.2 Å². The lowest BCUT2D eigenvalue weighted by Crippen LogP contribution is -2.16. The molecule has 0 unspecified atom stereocenters. The van der Waals surface area contributed by atoms with E-state index in [1.165, 1.54) is 38.1 Å². The smallest absolute Gasteiger partial charge is 0.336 e. The van der Waals surface area contributed by atoms with Gasteiger partial charge in [0.2, 0.25) is 5.91 Å². The molecular weight excluding hydrogens is 424 g/mol. The molecule has 6 nitrogen and oxygen atoms in total. The minimum atomic E-state index is -1.10. The van der Waals surface area contributed by atoms with Gasteiger partial charge in [-0.3, -0.25) is 4.79 Å². The van der Waals surface area contributed by atoms with E-state index < -0.39 is 5.97 Å². The van der Waals surface area contributed by atoms with E-state index in [1.807, 2.05) is 30.4 Å². The third-order valence-electron chi connectivity index (χ3n) is 5.55. The number of thiazole rings is 1. The van der Waals surface area contributed by atoms with Crippen LogP contribution in [0.2, 0.25) is 0 Å². The Morgan fingerprint density at radius 1 is 1.22 bits per heavy atom. The van der Waals surface area contributed by atoms with Crippen LogP contribution in [0.25, 0.3) is 12.2 Å². The Balaban J connectivity index is 1.41. The highest BCUT2D eigenvalue weighted by atomic mass is 32.1. The molecule has 7 heteroatoms. The van der Waals surface area contributed by atoms with Crippen LogP contribution in [0.3, 0.4) is 0 Å². The van der Waals surface area contributed by atoms with E-state index >= 15 is 0 Å². The summed E-state index contributed by atoms with van der Waals surface area (Å²) >= 11 is 1.64. The van der Waals surface area contributed by atoms with E-state index in [2.05, 4.69) is 10.7 Å². The Hall–Kier alpha value is -3.45. The zero-order chi connectivity index (χ0) is 22.5. The standard InChI is InChI=1S/C25H24N2O4S/c1-31-20-10-9-18(21(14-20)25(29)30)13-23(28)26-19-7-2-4-16(12-19)8-11-24-27-22(15-32-24)17-5-3-6-17/h2,4,7-12,14-15,17H,3,5-6,13H2,1H3,(H,26,28)(H,29,30). The first kappa shape index (κ1) is 21.8. The van der Waals surface area contributed by atoms with Gasteiger partial charge in [-0.25, -0.2) is 9.78 Å². The number of carbonyl (C=O) groups is 2. The van der Waals surface area contributed by atoms with Gasteiger partial charge in [0.1, 0.15) is 10.8 Å². The molecule has 0 aliphatic heterocycles. The third-order valence-corrected chi connectivity index (χ3v) is 6.38. The molecule has 1 fully saturated rings. The SMILES string of the molecule is COc1ccc(CC(=O)Nc2cccc(C=Cc3nc(C4CCC4)cs3)c2)c(C(=O)O)c1. The predicted octanol–water partition coefficient (Wildman–Crippen LogP) is 5.47. The molecule has 0 radical (unpaired) electrons. The van der Waals surface area contributed by atoms with Crippen LogP contribution >= 0.6 is 11.3 Å². The number of ether oxygens (including phenoxy) is 1. The number of hydrogen-bond donors (Lipinski definition) is 2. The van der Waals surface area contributed by atoms with Crippen molar-refractivity contribution in [3.8, 4) is 5.75 Å². The number of aromatic nitrogens is 1. The molecule has 2 aromatic carbocycles. The van der Waals surface area contributed by atoms with Crippen molar-refractivity contribution in [2.75, 3.05) is 12.4 Å². The van der Waals surface area contributed by atoms with Gasteiger partial charge in [0.05, 0.1) is 24.8 Å². The maximum absolute atomic E-state index is 12.5. The average molecular weight is 449 g/mol. The maximum Gasteiger partial charge on any atom is 0.336 e. The fourth-order valence-corrected chi connectivity index (χ4v) is 4.36. The van der Waals surface area contributed by atoms with Crippen LogP contribution in [0.5, 0.6) is 5.75 Å². The number of carbonyl (C=O) groups excluding carboxylic acids is 1. The summed E-state index contributed by atoms with van der Waals surface area (Å²) in [6.07, 6.45) is 7.68. The third kappa shape index (κ3) is 5.23. The van der Waals surface area contributed by atoms with Crippen molar-refractivity contribution in [3.63, 3.8) is 0 Å². The van der Waals surface area contributed by atoms with Gasteiger partial charge in [-0.2, -0.15) is 0 Å². The van der Waals surface area contributed by atoms with Gasteiger partial charge in [-0.15, -0.1) is 11.3 Å². The number of carboxylic acids is 1. The number of methoxy groups -OCH3 is 1. The Morgan fingerprint density at radius 3 is 2.78 bits per heavy atom. The molecule has 3 aromatic rings. The molecule has 4 rings (SSSR count). The van der Waals surface area contributed by atoms with Crippen LogP contribution < -0.4 is 10.1 Å². The van der Waals surface area contributed by atoms with Crippen LogP contribution in [0.4, 0.5) is 5.69 Å². The zero-order valence-electron chi connectivity index (χ0n) is 17.7. The van der Waals surface area contributed by atoms with Crippen molar-refractivity contribution in [1.29, 1.82) is 0 Å². The van der Waals surface area contributed by atoms with Crippen molar-refractivity contribution in [1.82, 2.24) is 4.98 Å². The first-order chi connectivity index (χ1) is 15.5. The average Bonchev–Trinajstić information content (AvgIpc) is 3.19. The zero-order valence-corrected chi connectivity index (χ0v) is 18.5. The topological polar surface area (TPSA) is 88.5 Å². The normalized spacial score (nSPS) is 13.7. The van der Waals surface area contributed by atoms with Gasteiger partial charge in [-0.1, -0.05) is 30.7 Å². The molecule has 0 bridgehead atoms. The first-order valence-electron chi connectivity index (χ1n) is 10.5. The molecule has 1 amide bonds. The molecule has 164 valence electrons.